The van der Waals surface area contributed by atoms with Crippen molar-refractivity contribution < 1.29 is 9.53 Å². The van der Waals surface area contributed by atoms with Gasteiger partial charge in [0.2, 0.25) is 0 Å². The molecule has 1 aliphatic rings. The Morgan fingerprint density at radius 3 is 3.17 bits per heavy atom. The summed E-state index contributed by atoms with van der Waals surface area (Å²) in [5.41, 5.74) is 1.44. The van der Waals surface area contributed by atoms with Gasteiger partial charge in [-0.1, -0.05) is 17.7 Å². The number of ether oxygens (including phenoxy) is 1. The van der Waals surface area contributed by atoms with E-state index in [1.165, 1.54) is 0 Å². The number of halogens is 1. The molecule has 0 saturated heterocycles. The van der Waals surface area contributed by atoms with Gasteiger partial charge in [0.05, 0.1) is 5.57 Å². The van der Waals surface area contributed by atoms with E-state index in [1.807, 2.05) is 6.08 Å². The summed E-state index contributed by atoms with van der Waals surface area (Å²) in [6.45, 7) is 4.48. The summed E-state index contributed by atoms with van der Waals surface area (Å²) in [6.07, 6.45) is 4.33. The van der Waals surface area contributed by atoms with Gasteiger partial charge < -0.3 is 10.1 Å². The van der Waals surface area contributed by atoms with Gasteiger partial charge >= 0.3 is 0 Å². The van der Waals surface area contributed by atoms with E-state index in [-0.39, 0.29) is 12.5 Å². The minimum atomic E-state index is -0.109. The van der Waals surface area contributed by atoms with E-state index in [0.717, 1.165) is 17.7 Å². The van der Waals surface area contributed by atoms with Crippen LogP contribution in [0.2, 0.25) is 5.02 Å². The maximum Gasteiger partial charge on any atom is 0.250 e. The molecule has 0 aromatic heterocycles. The van der Waals surface area contributed by atoms with Crippen molar-refractivity contribution in [2.24, 2.45) is 0 Å². The average molecular weight is 264 g/mol. The smallest absolute Gasteiger partial charge is 0.250 e. The second-order valence-electron chi connectivity index (χ2n) is 3.97. The Labute approximate surface area is 111 Å². The van der Waals surface area contributed by atoms with Gasteiger partial charge in [-0.15, -0.1) is 6.58 Å². The zero-order valence-corrected chi connectivity index (χ0v) is 10.7. The van der Waals surface area contributed by atoms with Crippen LogP contribution < -0.4 is 10.1 Å². The van der Waals surface area contributed by atoms with E-state index in [2.05, 4.69) is 11.9 Å². The molecule has 0 radical (unpaired) electrons. The van der Waals surface area contributed by atoms with Crippen LogP contribution in [0.4, 0.5) is 0 Å². The fourth-order valence-electron chi connectivity index (χ4n) is 1.68. The Hall–Kier alpha value is -1.74. The second-order valence-corrected chi connectivity index (χ2v) is 4.41. The number of carbonyl (C=O) groups is 1. The van der Waals surface area contributed by atoms with E-state index >= 15 is 0 Å². The first kappa shape index (κ1) is 12.7. The van der Waals surface area contributed by atoms with Crippen molar-refractivity contribution in [2.75, 3.05) is 13.2 Å². The Morgan fingerprint density at radius 1 is 1.56 bits per heavy atom. The van der Waals surface area contributed by atoms with Gasteiger partial charge in [0.1, 0.15) is 12.4 Å². The van der Waals surface area contributed by atoms with Gasteiger partial charge in [-0.3, -0.25) is 4.79 Å². The van der Waals surface area contributed by atoms with Gasteiger partial charge in [-0.2, -0.15) is 0 Å². The lowest BCUT2D eigenvalue weighted by atomic mass is 10.1. The van der Waals surface area contributed by atoms with E-state index < -0.39 is 0 Å². The molecular weight excluding hydrogens is 250 g/mol. The Kier molecular flexibility index (Phi) is 4.05. The van der Waals surface area contributed by atoms with Crippen molar-refractivity contribution in [2.45, 2.75) is 6.42 Å². The Bertz CT molecular complexity index is 509. The van der Waals surface area contributed by atoms with Crippen LogP contribution in [0.25, 0.3) is 6.08 Å². The third kappa shape index (κ3) is 2.93. The fourth-order valence-corrected chi connectivity index (χ4v) is 1.86. The standard InChI is InChI=1S/C14H14ClNO2/c1-2-3-6-16-14(17)11-7-10-8-12(15)4-5-13(10)18-9-11/h2,4-5,7-8H,1,3,6,9H2,(H,16,17). The maximum absolute atomic E-state index is 11.8. The third-order valence-corrected chi connectivity index (χ3v) is 2.85. The van der Waals surface area contributed by atoms with Crippen LogP contribution in [-0.2, 0) is 4.79 Å². The third-order valence-electron chi connectivity index (χ3n) is 2.61. The van der Waals surface area contributed by atoms with Gasteiger partial charge in [-0.05, 0) is 30.7 Å². The topological polar surface area (TPSA) is 38.3 Å². The first-order valence-corrected chi connectivity index (χ1v) is 6.10. The molecule has 1 aromatic carbocycles. The SMILES string of the molecule is C=CCCNC(=O)C1=Cc2cc(Cl)ccc2OC1. The highest BCUT2D eigenvalue weighted by atomic mass is 35.5. The number of benzene rings is 1. The number of hydrogen-bond acceptors (Lipinski definition) is 2. The lowest BCUT2D eigenvalue weighted by Gasteiger charge is -2.17. The highest BCUT2D eigenvalue weighted by Crippen LogP contribution is 2.28. The molecule has 18 heavy (non-hydrogen) atoms. The van der Waals surface area contributed by atoms with Gasteiger partial charge in [0.15, 0.2) is 0 Å². The summed E-state index contributed by atoms with van der Waals surface area (Å²) in [5, 5.41) is 3.43. The zero-order valence-electron chi connectivity index (χ0n) is 9.91. The van der Waals surface area contributed by atoms with E-state index in [1.54, 1.807) is 24.3 Å². The van der Waals surface area contributed by atoms with Crippen LogP contribution in [0, 0.1) is 0 Å². The molecular formula is C14H14ClNO2. The van der Waals surface area contributed by atoms with Crippen molar-refractivity contribution in [1.29, 1.82) is 0 Å². The van der Waals surface area contributed by atoms with E-state index in [4.69, 9.17) is 16.3 Å². The monoisotopic (exact) mass is 263 g/mol. The van der Waals surface area contributed by atoms with Crippen molar-refractivity contribution >= 4 is 23.6 Å². The molecule has 1 heterocycles. The number of carbonyl (C=O) groups excluding carboxylic acids is 1. The molecule has 2 rings (SSSR count). The second kappa shape index (κ2) is 5.74. The van der Waals surface area contributed by atoms with Crippen LogP contribution in [-0.4, -0.2) is 19.1 Å². The van der Waals surface area contributed by atoms with Gasteiger partial charge in [-0.25, -0.2) is 0 Å². The summed E-state index contributed by atoms with van der Waals surface area (Å²) in [6, 6.07) is 5.36. The highest BCUT2D eigenvalue weighted by molar-refractivity contribution is 6.30. The Balaban J connectivity index is 2.11. The van der Waals surface area contributed by atoms with Crippen LogP contribution >= 0.6 is 11.6 Å². The molecule has 0 bridgehead atoms. The predicted octanol–water partition coefficient (Wildman–Crippen LogP) is 2.81. The number of hydrogen-bond donors (Lipinski definition) is 1. The largest absolute Gasteiger partial charge is 0.488 e. The molecule has 0 atom stereocenters. The molecule has 3 nitrogen and oxygen atoms in total. The number of fused-ring (bicyclic) bond motifs is 1. The maximum atomic E-state index is 11.8. The summed E-state index contributed by atoms with van der Waals surface area (Å²) in [7, 11) is 0. The van der Waals surface area contributed by atoms with Crippen LogP contribution in [0.3, 0.4) is 0 Å². The molecule has 0 saturated carbocycles. The van der Waals surface area contributed by atoms with Gasteiger partial charge in [0.25, 0.3) is 5.91 Å². The molecule has 1 aromatic rings. The van der Waals surface area contributed by atoms with Crippen molar-refractivity contribution in [1.82, 2.24) is 5.32 Å². The molecule has 0 spiro atoms. The molecule has 94 valence electrons. The van der Waals surface area contributed by atoms with Crippen molar-refractivity contribution in [3.63, 3.8) is 0 Å². The molecule has 4 heteroatoms. The highest BCUT2D eigenvalue weighted by Gasteiger charge is 2.16. The van der Waals surface area contributed by atoms with Crippen LogP contribution in [0.5, 0.6) is 5.75 Å². The Morgan fingerprint density at radius 2 is 2.39 bits per heavy atom. The van der Waals surface area contributed by atoms with Crippen LogP contribution in [0.1, 0.15) is 12.0 Å². The summed E-state index contributed by atoms with van der Waals surface area (Å²) >= 11 is 5.91. The minimum absolute atomic E-state index is 0.109. The molecule has 0 aliphatic carbocycles. The molecule has 1 N–H and O–H groups in total. The van der Waals surface area contributed by atoms with Crippen LogP contribution in [0.15, 0.2) is 36.4 Å². The average Bonchev–Trinajstić information content (AvgIpc) is 2.38. The molecule has 1 aliphatic heterocycles. The van der Waals surface area contributed by atoms with Crippen molar-refractivity contribution in [3.8, 4) is 5.75 Å². The quantitative estimate of drug-likeness (QED) is 0.670. The minimum Gasteiger partial charge on any atom is -0.488 e. The lowest BCUT2D eigenvalue weighted by Crippen LogP contribution is -2.29. The number of amides is 1. The lowest BCUT2D eigenvalue weighted by molar-refractivity contribution is -0.117. The normalized spacial score (nSPS) is 13.1. The molecule has 1 amide bonds. The van der Waals surface area contributed by atoms with Gasteiger partial charge in [0, 0.05) is 17.1 Å². The van der Waals surface area contributed by atoms with Crippen molar-refractivity contribution in [3.05, 3.63) is 47.0 Å². The molecule has 0 fully saturated rings. The first-order chi connectivity index (χ1) is 8.70. The molecule has 0 unspecified atom stereocenters. The van der Waals surface area contributed by atoms with E-state index in [9.17, 15) is 4.79 Å². The summed E-state index contributed by atoms with van der Waals surface area (Å²) in [5.74, 6) is 0.643. The number of nitrogens with one attached hydrogen (secondary N) is 1. The van der Waals surface area contributed by atoms with E-state index in [0.29, 0.717) is 17.1 Å². The summed E-state index contributed by atoms with van der Waals surface area (Å²) < 4.78 is 5.51. The fraction of sp³-hybridized carbons (Fsp3) is 0.214. The predicted molar refractivity (Wildman–Crippen MR) is 72.7 cm³/mol. The summed E-state index contributed by atoms with van der Waals surface area (Å²) in [4.78, 5) is 11.8. The number of rotatable bonds is 4. The zero-order chi connectivity index (χ0) is 13.0. The first-order valence-electron chi connectivity index (χ1n) is 5.72.